The summed E-state index contributed by atoms with van der Waals surface area (Å²) in [7, 11) is 0. The zero-order valence-electron chi connectivity index (χ0n) is 16.8. The van der Waals surface area contributed by atoms with Crippen molar-refractivity contribution < 1.29 is 14.7 Å². The van der Waals surface area contributed by atoms with Gasteiger partial charge in [-0.1, -0.05) is 50.3 Å². The van der Waals surface area contributed by atoms with Crippen LogP contribution in [-0.4, -0.2) is 48.7 Å². The molecule has 0 aromatic heterocycles. The maximum Gasteiger partial charge on any atom is 0.242 e. The maximum atomic E-state index is 12.1. The first kappa shape index (κ1) is 22.9. The van der Waals surface area contributed by atoms with E-state index in [0.717, 1.165) is 11.1 Å². The van der Waals surface area contributed by atoms with Crippen LogP contribution in [0.2, 0.25) is 0 Å². The average Bonchev–Trinajstić information content (AvgIpc) is 2.64. The normalized spacial score (nSPS) is 13.9. The average molecular weight is 376 g/mol. The zero-order valence-corrected chi connectivity index (χ0v) is 16.8. The van der Waals surface area contributed by atoms with Gasteiger partial charge in [-0.05, 0) is 37.3 Å². The Morgan fingerprint density at radius 1 is 1.11 bits per heavy atom. The lowest BCUT2D eigenvalue weighted by atomic mass is 10.0. The van der Waals surface area contributed by atoms with Gasteiger partial charge in [-0.25, -0.2) is 0 Å². The van der Waals surface area contributed by atoms with Gasteiger partial charge in [0.15, 0.2) is 0 Å². The molecule has 6 heteroatoms. The van der Waals surface area contributed by atoms with Gasteiger partial charge < -0.3 is 21.1 Å². The van der Waals surface area contributed by atoms with Crippen LogP contribution in [0.1, 0.15) is 39.7 Å². The van der Waals surface area contributed by atoms with E-state index in [1.807, 2.05) is 57.2 Å². The summed E-state index contributed by atoms with van der Waals surface area (Å²) in [5.41, 5.74) is 2.28. The molecule has 2 atom stereocenters. The van der Waals surface area contributed by atoms with Gasteiger partial charge in [0, 0.05) is 6.54 Å². The Hall–Kier alpha value is -2.18. The fraction of sp³-hybridized carbons (Fsp3) is 0.524. The molecule has 0 heterocycles. The van der Waals surface area contributed by atoms with E-state index in [0.29, 0.717) is 18.9 Å². The molecule has 0 bridgehead atoms. The number of nitrogens with one attached hydrogen (secondary N) is 3. The summed E-state index contributed by atoms with van der Waals surface area (Å²) in [6, 6.07) is 9.09. The van der Waals surface area contributed by atoms with Crippen LogP contribution in [0.3, 0.4) is 0 Å². The minimum absolute atomic E-state index is 0.112. The van der Waals surface area contributed by atoms with Crippen LogP contribution in [-0.2, 0) is 9.59 Å². The lowest BCUT2D eigenvalue weighted by Gasteiger charge is -2.21. The molecule has 1 rings (SSSR count). The molecule has 150 valence electrons. The lowest BCUT2D eigenvalue weighted by Crippen LogP contribution is -2.50. The summed E-state index contributed by atoms with van der Waals surface area (Å²) in [6.07, 6.45) is 2.72. The second-order valence-electron chi connectivity index (χ2n) is 7.19. The molecular formula is C21H33N3O3. The number of hydrogen-bond acceptors (Lipinski definition) is 4. The number of aliphatic hydroxyl groups is 1. The van der Waals surface area contributed by atoms with Gasteiger partial charge >= 0.3 is 0 Å². The fourth-order valence-corrected chi connectivity index (χ4v) is 2.66. The summed E-state index contributed by atoms with van der Waals surface area (Å²) in [4.78, 5) is 24.1. The highest BCUT2D eigenvalue weighted by Gasteiger charge is 2.19. The highest BCUT2D eigenvalue weighted by molar-refractivity contribution is 5.88. The number of carbonyl (C=O) groups excluding carboxylic acids is 2. The van der Waals surface area contributed by atoms with Crippen LogP contribution in [0.4, 0.5) is 0 Å². The number of carbonyl (C=O) groups is 2. The van der Waals surface area contributed by atoms with Gasteiger partial charge in [0.1, 0.15) is 6.04 Å². The lowest BCUT2D eigenvalue weighted by molar-refractivity contribution is -0.128. The molecule has 1 aromatic carbocycles. The molecule has 0 saturated heterocycles. The number of rotatable bonds is 11. The van der Waals surface area contributed by atoms with Crippen LogP contribution in [0, 0.1) is 5.92 Å². The quantitative estimate of drug-likeness (QED) is 0.443. The van der Waals surface area contributed by atoms with E-state index >= 15 is 0 Å². The number of amides is 2. The Bertz CT molecular complexity index is 614. The Balaban J connectivity index is 2.33. The summed E-state index contributed by atoms with van der Waals surface area (Å²) >= 11 is 0. The Labute approximate surface area is 162 Å². The minimum atomic E-state index is -0.651. The van der Waals surface area contributed by atoms with Crippen molar-refractivity contribution in [1.29, 1.82) is 0 Å². The molecule has 0 spiro atoms. The van der Waals surface area contributed by atoms with Gasteiger partial charge in [-0.15, -0.1) is 0 Å². The molecule has 2 amide bonds. The molecule has 27 heavy (non-hydrogen) atoms. The van der Waals surface area contributed by atoms with Crippen LogP contribution >= 0.6 is 0 Å². The van der Waals surface area contributed by atoms with Crippen LogP contribution < -0.4 is 16.0 Å². The zero-order chi connectivity index (χ0) is 20.2. The number of benzene rings is 1. The monoisotopic (exact) mass is 375 g/mol. The molecule has 0 saturated carbocycles. The maximum absolute atomic E-state index is 12.1. The van der Waals surface area contributed by atoms with Crippen LogP contribution in [0.5, 0.6) is 0 Å². The standard InChI is InChI=1S/C21H33N3O3/c1-15(2)12-19(14-25)24-21(27)17(4)23-20(26)13-22-11-10-16(3)18-8-6-5-7-9-18/h5-10,15,17,19,22,25H,11-14H2,1-4H3,(H,23,26)(H,24,27)/b16-10+/t17-,19?/m0/s1. The second kappa shape index (κ2) is 12.3. The van der Waals surface area contributed by atoms with Crippen molar-refractivity contribution in [3.05, 3.63) is 42.0 Å². The molecule has 0 aliphatic carbocycles. The first-order valence-electron chi connectivity index (χ1n) is 9.47. The van der Waals surface area contributed by atoms with Crippen molar-refractivity contribution in [3.63, 3.8) is 0 Å². The molecule has 0 radical (unpaired) electrons. The molecule has 4 N–H and O–H groups in total. The summed E-state index contributed by atoms with van der Waals surface area (Å²) in [5.74, 6) is -0.167. The van der Waals surface area contributed by atoms with Gasteiger partial charge in [-0.2, -0.15) is 0 Å². The van der Waals surface area contributed by atoms with E-state index in [1.54, 1.807) is 6.92 Å². The smallest absolute Gasteiger partial charge is 0.242 e. The van der Waals surface area contributed by atoms with Crippen molar-refractivity contribution in [1.82, 2.24) is 16.0 Å². The van der Waals surface area contributed by atoms with Crippen LogP contribution in [0.15, 0.2) is 36.4 Å². The predicted octanol–water partition coefficient (Wildman–Crippen LogP) is 1.71. The van der Waals surface area contributed by atoms with Gasteiger partial charge in [0.05, 0.1) is 19.2 Å². The summed E-state index contributed by atoms with van der Waals surface area (Å²) < 4.78 is 0. The topological polar surface area (TPSA) is 90.5 Å². The predicted molar refractivity (Wildman–Crippen MR) is 109 cm³/mol. The number of aliphatic hydroxyl groups excluding tert-OH is 1. The van der Waals surface area contributed by atoms with Crippen molar-refractivity contribution in [2.24, 2.45) is 5.92 Å². The second-order valence-corrected chi connectivity index (χ2v) is 7.19. The van der Waals surface area contributed by atoms with Crippen LogP contribution in [0.25, 0.3) is 5.57 Å². The third-order valence-corrected chi connectivity index (χ3v) is 4.16. The van der Waals surface area contributed by atoms with E-state index in [1.165, 1.54) is 0 Å². The van der Waals surface area contributed by atoms with Gasteiger partial charge in [-0.3, -0.25) is 9.59 Å². The molecule has 0 fully saturated rings. The third kappa shape index (κ3) is 9.35. The van der Waals surface area contributed by atoms with Gasteiger partial charge in [0.2, 0.25) is 11.8 Å². The molecule has 0 aliphatic rings. The Kier molecular flexibility index (Phi) is 10.4. The molecule has 1 unspecified atom stereocenters. The summed E-state index contributed by atoms with van der Waals surface area (Å²) in [6.45, 7) is 8.30. The van der Waals surface area contributed by atoms with E-state index < -0.39 is 6.04 Å². The first-order chi connectivity index (χ1) is 12.8. The van der Waals surface area contributed by atoms with Crippen molar-refractivity contribution in [3.8, 4) is 0 Å². The van der Waals surface area contributed by atoms with Crippen molar-refractivity contribution in [2.45, 2.75) is 46.2 Å². The van der Waals surface area contributed by atoms with Gasteiger partial charge in [0.25, 0.3) is 0 Å². The van der Waals surface area contributed by atoms with E-state index in [2.05, 4.69) is 16.0 Å². The van der Waals surface area contributed by atoms with E-state index in [9.17, 15) is 14.7 Å². The largest absolute Gasteiger partial charge is 0.394 e. The van der Waals surface area contributed by atoms with E-state index in [-0.39, 0.29) is 31.0 Å². The minimum Gasteiger partial charge on any atom is -0.394 e. The molecule has 6 nitrogen and oxygen atoms in total. The fourth-order valence-electron chi connectivity index (χ4n) is 2.66. The van der Waals surface area contributed by atoms with Crippen molar-refractivity contribution in [2.75, 3.05) is 19.7 Å². The SMILES string of the molecule is C/C(=C\CNCC(=O)N[C@@H](C)C(=O)NC(CO)CC(C)C)c1ccccc1. The molecule has 1 aromatic rings. The third-order valence-electron chi connectivity index (χ3n) is 4.16. The van der Waals surface area contributed by atoms with E-state index in [4.69, 9.17) is 0 Å². The van der Waals surface area contributed by atoms with Crippen molar-refractivity contribution >= 4 is 17.4 Å². The molecule has 0 aliphatic heterocycles. The number of hydrogen-bond donors (Lipinski definition) is 4. The Morgan fingerprint density at radius 3 is 2.37 bits per heavy atom. The highest BCUT2D eigenvalue weighted by atomic mass is 16.3. The molecular weight excluding hydrogens is 342 g/mol. The summed E-state index contributed by atoms with van der Waals surface area (Å²) in [5, 5.41) is 17.8. The first-order valence-corrected chi connectivity index (χ1v) is 9.47. The Morgan fingerprint density at radius 2 is 1.78 bits per heavy atom. The number of allylic oxidation sites excluding steroid dienone is 1. The highest BCUT2D eigenvalue weighted by Crippen LogP contribution is 2.11.